The zero-order valence-corrected chi connectivity index (χ0v) is 13.2. The van der Waals surface area contributed by atoms with Crippen molar-refractivity contribution < 1.29 is 13.9 Å². The molecule has 2 atom stereocenters. The predicted octanol–water partition coefficient (Wildman–Crippen LogP) is 3.20. The number of hydrogen-bond acceptors (Lipinski definition) is 3. The number of likely N-dealkylation sites (tertiary alicyclic amines) is 1. The Morgan fingerprint density at radius 1 is 1.33 bits per heavy atom. The van der Waals surface area contributed by atoms with Crippen LogP contribution in [0.4, 0.5) is 4.39 Å². The summed E-state index contributed by atoms with van der Waals surface area (Å²) in [7, 11) is 0. The van der Waals surface area contributed by atoms with E-state index in [0.29, 0.717) is 25.3 Å². The molecular formula is C17H24FNO2. The standard InChI is InChI=1S/C17H24FNO2/c1-5-21-16(20)14-11-19(17(2,3)4)10-13(14)12-8-6-7-9-15(12)18/h6-9,13-14H,5,10-11H2,1-4H3/t13-,14+/m0/s1. The van der Waals surface area contributed by atoms with Gasteiger partial charge in [0.05, 0.1) is 12.5 Å². The van der Waals surface area contributed by atoms with Crippen LogP contribution in [0.5, 0.6) is 0 Å². The van der Waals surface area contributed by atoms with Crippen LogP contribution >= 0.6 is 0 Å². The number of esters is 1. The van der Waals surface area contributed by atoms with Crippen LogP contribution in [0, 0.1) is 11.7 Å². The first-order valence-corrected chi connectivity index (χ1v) is 7.50. The molecule has 3 nitrogen and oxygen atoms in total. The number of benzene rings is 1. The summed E-state index contributed by atoms with van der Waals surface area (Å²) in [6, 6.07) is 6.73. The number of carbonyl (C=O) groups excluding carboxylic acids is 1. The van der Waals surface area contributed by atoms with Crippen molar-refractivity contribution >= 4 is 5.97 Å². The molecule has 0 unspecified atom stereocenters. The second kappa shape index (κ2) is 6.14. The third-order valence-electron chi connectivity index (χ3n) is 4.16. The normalized spacial score (nSPS) is 23.3. The third kappa shape index (κ3) is 3.43. The van der Waals surface area contributed by atoms with Crippen LogP contribution in [0.15, 0.2) is 24.3 Å². The highest BCUT2D eigenvalue weighted by Crippen LogP contribution is 2.37. The molecule has 1 aromatic rings. The van der Waals surface area contributed by atoms with Gasteiger partial charge in [-0.1, -0.05) is 18.2 Å². The van der Waals surface area contributed by atoms with Gasteiger partial charge in [0, 0.05) is 24.5 Å². The molecule has 0 spiro atoms. The summed E-state index contributed by atoms with van der Waals surface area (Å²) in [6.45, 7) is 9.77. The summed E-state index contributed by atoms with van der Waals surface area (Å²) in [5, 5.41) is 0. The lowest BCUT2D eigenvalue weighted by atomic mass is 9.88. The zero-order valence-electron chi connectivity index (χ0n) is 13.2. The minimum atomic E-state index is -0.305. The van der Waals surface area contributed by atoms with Gasteiger partial charge in [-0.15, -0.1) is 0 Å². The van der Waals surface area contributed by atoms with Gasteiger partial charge in [-0.3, -0.25) is 9.69 Å². The van der Waals surface area contributed by atoms with E-state index in [0.717, 1.165) is 0 Å². The van der Waals surface area contributed by atoms with Gasteiger partial charge in [0.2, 0.25) is 0 Å². The van der Waals surface area contributed by atoms with Crippen LogP contribution < -0.4 is 0 Å². The second-order valence-corrected chi connectivity index (χ2v) is 6.56. The largest absolute Gasteiger partial charge is 0.466 e. The number of nitrogens with zero attached hydrogens (tertiary/aromatic N) is 1. The van der Waals surface area contributed by atoms with E-state index in [2.05, 4.69) is 25.7 Å². The molecule has 2 rings (SSSR count). The Hall–Kier alpha value is -1.42. The van der Waals surface area contributed by atoms with Crippen LogP contribution in [0.3, 0.4) is 0 Å². The summed E-state index contributed by atoms with van der Waals surface area (Å²) >= 11 is 0. The molecule has 1 aromatic carbocycles. The average Bonchev–Trinajstić information content (AvgIpc) is 2.84. The van der Waals surface area contributed by atoms with Crippen molar-refractivity contribution in [3.8, 4) is 0 Å². The Morgan fingerprint density at radius 2 is 2.00 bits per heavy atom. The van der Waals surface area contributed by atoms with E-state index in [1.165, 1.54) is 6.07 Å². The fourth-order valence-corrected chi connectivity index (χ4v) is 2.93. The topological polar surface area (TPSA) is 29.5 Å². The lowest BCUT2D eigenvalue weighted by Gasteiger charge is -2.31. The molecule has 0 radical (unpaired) electrons. The van der Waals surface area contributed by atoms with Crippen LogP contribution in [0.2, 0.25) is 0 Å². The van der Waals surface area contributed by atoms with E-state index >= 15 is 0 Å². The van der Waals surface area contributed by atoms with Gasteiger partial charge >= 0.3 is 5.97 Å². The molecule has 0 aromatic heterocycles. The van der Waals surface area contributed by atoms with Crippen LogP contribution in [-0.4, -0.2) is 36.1 Å². The third-order valence-corrected chi connectivity index (χ3v) is 4.16. The Labute approximate surface area is 126 Å². The van der Waals surface area contributed by atoms with Gasteiger partial charge in [0.1, 0.15) is 5.82 Å². The first-order valence-electron chi connectivity index (χ1n) is 7.50. The fourth-order valence-electron chi connectivity index (χ4n) is 2.93. The molecule has 1 aliphatic rings. The fraction of sp³-hybridized carbons (Fsp3) is 0.588. The lowest BCUT2D eigenvalue weighted by molar-refractivity contribution is -0.148. The van der Waals surface area contributed by atoms with Crippen molar-refractivity contribution in [3.63, 3.8) is 0 Å². The molecule has 0 amide bonds. The molecule has 21 heavy (non-hydrogen) atoms. The van der Waals surface area contributed by atoms with Crippen molar-refractivity contribution in [1.82, 2.24) is 4.90 Å². The highest BCUT2D eigenvalue weighted by Gasteiger charge is 2.43. The first kappa shape index (κ1) is 16.0. The van der Waals surface area contributed by atoms with Gasteiger partial charge in [0.25, 0.3) is 0 Å². The molecule has 0 N–H and O–H groups in total. The number of rotatable bonds is 3. The van der Waals surface area contributed by atoms with E-state index in [9.17, 15) is 9.18 Å². The summed E-state index contributed by atoms with van der Waals surface area (Å²) in [5.74, 6) is -0.921. The molecular weight excluding hydrogens is 269 g/mol. The van der Waals surface area contributed by atoms with Crippen molar-refractivity contribution in [1.29, 1.82) is 0 Å². The van der Waals surface area contributed by atoms with Crippen molar-refractivity contribution in [2.75, 3.05) is 19.7 Å². The van der Waals surface area contributed by atoms with Crippen molar-refractivity contribution in [3.05, 3.63) is 35.6 Å². The van der Waals surface area contributed by atoms with E-state index in [1.807, 2.05) is 6.07 Å². The summed E-state index contributed by atoms with van der Waals surface area (Å²) in [6.07, 6.45) is 0. The number of hydrogen-bond donors (Lipinski definition) is 0. The van der Waals surface area contributed by atoms with E-state index in [-0.39, 0.29) is 29.2 Å². The predicted molar refractivity (Wildman–Crippen MR) is 80.6 cm³/mol. The van der Waals surface area contributed by atoms with Crippen LogP contribution in [0.1, 0.15) is 39.2 Å². The van der Waals surface area contributed by atoms with E-state index < -0.39 is 0 Å². The quantitative estimate of drug-likeness (QED) is 0.802. The molecule has 0 saturated carbocycles. The highest BCUT2D eigenvalue weighted by atomic mass is 19.1. The maximum atomic E-state index is 14.1. The molecule has 1 aliphatic heterocycles. The summed E-state index contributed by atoms with van der Waals surface area (Å²) in [4.78, 5) is 14.5. The zero-order chi connectivity index (χ0) is 15.6. The van der Waals surface area contributed by atoms with E-state index in [4.69, 9.17) is 4.74 Å². The maximum absolute atomic E-state index is 14.1. The lowest BCUT2D eigenvalue weighted by Crippen LogP contribution is -2.40. The second-order valence-electron chi connectivity index (χ2n) is 6.56. The highest BCUT2D eigenvalue weighted by molar-refractivity contribution is 5.74. The van der Waals surface area contributed by atoms with Crippen molar-refractivity contribution in [2.45, 2.75) is 39.2 Å². The molecule has 1 heterocycles. The van der Waals surface area contributed by atoms with Gasteiger partial charge in [-0.05, 0) is 39.3 Å². The maximum Gasteiger partial charge on any atom is 0.310 e. The summed E-state index contributed by atoms with van der Waals surface area (Å²) < 4.78 is 19.3. The van der Waals surface area contributed by atoms with Crippen LogP contribution in [-0.2, 0) is 9.53 Å². The Morgan fingerprint density at radius 3 is 2.57 bits per heavy atom. The molecule has 4 heteroatoms. The molecule has 1 fully saturated rings. The van der Waals surface area contributed by atoms with E-state index in [1.54, 1.807) is 19.1 Å². The molecule has 1 saturated heterocycles. The smallest absolute Gasteiger partial charge is 0.310 e. The number of carbonyl (C=O) groups is 1. The molecule has 0 aliphatic carbocycles. The minimum absolute atomic E-state index is 0.0508. The SMILES string of the molecule is CCOC(=O)[C@@H]1CN(C(C)(C)C)C[C@H]1c1ccccc1F. The number of ether oxygens (including phenoxy) is 1. The van der Waals surface area contributed by atoms with Gasteiger partial charge in [0.15, 0.2) is 0 Å². The molecule has 0 bridgehead atoms. The Kier molecular flexibility index (Phi) is 4.67. The average molecular weight is 293 g/mol. The Balaban J connectivity index is 2.31. The monoisotopic (exact) mass is 293 g/mol. The molecule has 116 valence electrons. The van der Waals surface area contributed by atoms with Gasteiger partial charge in [-0.2, -0.15) is 0 Å². The first-order chi connectivity index (χ1) is 9.84. The van der Waals surface area contributed by atoms with Gasteiger partial charge < -0.3 is 4.74 Å². The van der Waals surface area contributed by atoms with Gasteiger partial charge in [-0.25, -0.2) is 4.39 Å². The van der Waals surface area contributed by atoms with Crippen LogP contribution in [0.25, 0.3) is 0 Å². The summed E-state index contributed by atoms with van der Waals surface area (Å²) in [5.41, 5.74) is 0.562. The minimum Gasteiger partial charge on any atom is -0.466 e. The van der Waals surface area contributed by atoms with Crippen molar-refractivity contribution in [2.24, 2.45) is 5.92 Å². The Bertz CT molecular complexity index is 510. The number of halogens is 1.